The number of aromatic nitrogens is 1. The molecule has 0 atom stereocenters. The highest BCUT2D eigenvalue weighted by atomic mass is 35.5. The van der Waals surface area contributed by atoms with Crippen molar-refractivity contribution in [3.8, 4) is 5.75 Å². The maximum Gasteiger partial charge on any atom is 0.269 e. The molecule has 1 heterocycles. The van der Waals surface area contributed by atoms with Crippen molar-refractivity contribution in [2.45, 2.75) is 6.42 Å². The smallest absolute Gasteiger partial charge is 0.269 e. The number of benzene rings is 2. The van der Waals surface area contributed by atoms with Gasteiger partial charge in [0, 0.05) is 29.1 Å². The number of pyridine rings is 1. The minimum absolute atomic E-state index is 0.218. The number of amides is 1. The lowest BCUT2D eigenvalue weighted by molar-refractivity contribution is 0.0949. The molecule has 0 unspecified atom stereocenters. The van der Waals surface area contributed by atoms with E-state index in [2.05, 4.69) is 15.6 Å². The molecule has 0 aliphatic rings. The van der Waals surface area contributed by atoms with Crippen LogP contribution in [0.5, 0.6) is 5.75 Å². The summed E-state index contributed by atoms with van der Waals surface area (Å²) in [4.78, 5) is 16.5. The van der Waals surface area contributed by atoms with Crippen LogP contribution in [0.25, 0.3) is 0 Å². The number of halogens is 1. The lowest BCUT2D eigenvalue weighted by atomic mass is 10.1. The van der Waals surface area contributed by atoms with Crippen molar-refractivity contribution < 1.29 is 9.53 Å². The molecule has 2 N–H and O–H groups in total. The molecule has 3 aromatic rings. The number of hydrogen-bond donors (Lipinski definition) is 2. The van der Waals surface area contributed by atoms with E-state index < -0.39 is 0 Å². The molecule has 5 nitrogen and oxygen atoms in total. The molecule has 0 saturated carbocycles. The third kappa shape index (κ3) is 5.21. The van der Waals surface area contributed by atoms with Crippen molar-refractivity contribution in [2.75, 3.05) is 19.0 Å². The average molecular weight is 382 g/mol. The average Bonchev–Trinajstić information content (AvgIpc) is 2.70. The van der Waals surface area contributed by atoms with E-state index in [-0.39, 0.29) is 5.91 Å². The zero-order chi connectivity index (χ0) is 19.1. The predicted molar refractivity (Wildman–Crippen MR) is 108 cm³/mol. The highest BCUT2D eigenvalue weighted by molar-refractivity contribution is 6.30. The quantitative estimate of drug-likeness (QED) is 0.634. The Balaban J connectivity index is 1.59. The van der Waals surface area contributed by atoms with Crippen LogP contribution < -0.4 is 15.4 Å². The molecule has 27 heavy (non-hydrogen) atoms. The normalized spacial score (nSPS) is 10.3. The maximum atomic E-state index is 12.4. The van der Waals surface area contributed by atoms with Gasteiger partial charge in [-0.2, -0.15) is 0 Å². The molecule has 0 radical (unpaired) electrons. The van der Waals surface area contributed by atoms with Gasteiger partial charge in [0.05, 0.1) is 7.11 Å². The number of carbonyl (C=O) groups is 1. The zero-order valence-electron chi connectivity index (χ0n) is 14.9. The number of nitrogens with one attached hydrogen (secondary N) is 2. The van der Waals surface area contributed by atoms with E-state index >= 15 is 0 Å². The van der Waals surface area contributed by atoms with Crippen LogP contribution >= 0.6 is 11.6 Å². The third-order valence-electron chi connectivity index (χ3n) is 4.00. The number of hydrogen-bond acceptors (Lipinski definition) is 4. The molecule has 1 amide bonds. The van der Waals surface area contributed by atoms with E-state index in [9.17, 15) is 4.79 Å². The summed E-state index contributed by atoms with van der Waals surface area (Å²) in [6.45, 7) is 0.496. The molecule has 0 saturated heterocycles. The molecule has 2 aromatic carbocycles. The molecule has 0 bridgehead atoms. The van der Waals surface area contributed by atoms with E-state index in [0.29, 0.717) is 23.7 Å². The van der Waals surface area contributed by atoms with Gasteiger partial charge in [0.2, 0.25) is 0 Å². The first-order chi connectivity index (χ1) is 13.2. The summed E-state index contributed by atoms with van der Waals surface area (Å²) < 4.78 is 5.33. The summed E-state index contributed by atoms with van der Waals surface area (Å²) in [5.74, 6) is 0.601. The minimum Gasteiger partial charge on any atom is -0.496 e. The Bertz CT molecular complexity index is 913. The van der Waals surface area contributed by atoms with Crippen LogP contribution in [0.1, 0.15) is 16.1 Å². The monoisotopic (exact) mass is 381 g/mol. The molecule has 0 aliphatic carbocycles. The van der Waals surface area contributed by atoms with Crippen LogP contribution in [-0.4, -0.2) is 24.5 Å². The van der Waals surface area contributed by atoms with E-state index in [1.807, 2.05) is 36.4 Å². The van der Waals surface area contributed by atoms with Gasteiger partial charge in [0.1, 0.15) is 11.4 Å². The van der Waals surface area contributed by atoms with Crippen LogP contribution in [0.3, 0.4) is 0 Å². The number of para-hydroxylation sites is 1. The maximum absolute atomic E-state index is 12.4. The molecule has 6 heteroatoms. The van der Waals surface area contributed by atoms with Crippen molar-refractivity contribution in [3.63, 3.8) is 0 Å². The van der Waals surface area contributed by atoms with Crippen LogP contribution in [0.2, 0.25) is 5.02 Å². The summed E-state index contributed by atoms with van der Waals surface area (Å²) >= 11 is 5.89. The number of carbonyl (C=O) groups excluding carboxylic acids is 1. The minimum atomic E-state index is -0.218. The van der Waals surface area contributed by atoms with Gasteiger partial charge in [-0.15, -0.1) is 0 Å². The second-order valence-electron chi connectivity index (χ2n) is 5.88. The standard InChI is InChI=1S/C21H20ClN3O2/c1-27-20-5-3-2-4-15(20)10-12-24-21(26)19-14-18(11-13-23-19)25-17-8-6-16(22)7-9-17/h2-9,11,13-14H,10,12H2,1H3,(H,23,25)(H,24,26). The Morgan fingerprint density at radius 3 is 2.63 bits per heavy atom. The number of methoxy groups -OCH3 is 1. The van der Waals surface area contributed by atoms with Crippen LogP contribution in [0.4, 0.5) is 11.4 Å². The fourth-order valence-electron chi connectivity index (χ4n) is 2.64. The molecule has 3 rings (SSSR count). The second-order valence-corrected chi connectivity index (χ2v) is 6.32. The first-order valence-electron chi connectivity index (χ1n) is 8.54. The molecule has 0 fully saturated rings. The largest absolute Gasteiger partial charge is 0.496 e. The number of ether oxygens (including phenoxy) is 1. The number of rotatable bonds is 7. The Morgan fingerprint density at radius 1 is 1.07 bits per heavy atom. The first-order valence-corrected chi connectivity index (χ1v) is 8.92. The van der Waals surface area contributed by atoms with Gasteiger partial charge < -0.3 is 15.4 Å². The van der Waals surface area contributed by atoms with Crippen molar-refractivity contribution in [2.24, 2.45) is 0 Å². The SMILES string of the molecule is COc1ccccc1CCNC(=O)c1cc(Nc2ccc(Cl)cc2)ccn1. The van der Waals surface area contributed by atoms with E-state index in [1.165, 1.54) is 0 Å². The van der Waals surface area contributed by atoms with Crippen molar-refractivity contribution in [3.05, 3.63) is 83.1 Å². The van der Waals surface area contributed by atoms with Crippen molar-refractivity contribution >= 4 is 28.9 Å². The van der Waals surface area contributed by atoms with Gasteiger partial charge in [0.15, 0.2) is 0 Å². The Morgan fingerprint density at radius 2 is 1.85 bits per heavy atom. The highest BCUT2D eigenvalue weighted by Crippen LogP contribution is 2.19. The zero-order valence-corrected chi connectivity index (χ0v) is 15.7. The van der Waals surface area contributed by atoms with Gasteiger partial charge in [-0.05, 0) is 54.4 Å². The van der Waals surface area contributed by atoms with Crippen LogP contribution in [0.15, 0.2) is 66.9 Å². The predicted octanol–water partition coefficient (Wildman–Crippen LogP) is 4.46. The van der Waals surface area contributed by atoms with Crippen molar-refractivity contribution in [1.29, 1.82) is 0 Å². The lowest BCUT2D eigenvalue weighted by Gasteiger charge is -2.10. The van der Waals surface area contributed by atoms with E-state index in [1.54, 1.807) is 37.6 Å². The topological polar surface area (TPSA) is 63.2 Å². The highest BCUT2D eigenvalue weighted by Gasteiger charge is 2.09. The molecular formula is C21H20ClN3O2. The fraction of sp³-hybridized carbons (Fsp3) is 0.143. The molecule has 0 spiro atoms. The Labute approximate surface area is 163 Å². The number of anilines is 2. The Kier molecular flexibility index (Phi) is 6.28. The summed E-state index contributed by atoms with van der Waals surface area (Å²) in [5.41, 5.74) is 3.07. The molecule has 1 aromatic heterocycles. The van der Waals surface area contributed by atoms with Gasteiger partial charge in [-0.25, -0.2) is 0 Å². The second kappa shape index (κ2) is 9.05. The molecule has 0 aliphatic heterocycles. The van der Waals surface area contributed by atoms with Gasteiger partial charge in [-0.1, -0.05) is 29.8 Å². The van der Waals surface area contributed by atoms with Gasteiger partial charge in [-0.3, -0.25) is 9.78 Å². The number of nitrogens with zero attached hydrogens (tertiary/aromatic N) is 1. The Hall–Kier alpha value is -3.05. The van der Waals surface area contributed by atoms with Gasteiger partial charge in [0.25, 0.3) is 5.91 Å². The van der Waals surface area contributed by atoms with Crippen LogP contribution in [-0.2, 0) is 6.42 Å². The summed E-state index contributed by atoms with van der Waals surface area (Å²) in [6, 6.07) is 18.6. The molecule has 138 valence electrons. The van der Waals surface area contributed by atoms with Crippen LogP contribution in [0, 0.1) is 0 Å². The molecular weight excluding hydrogens is 362 g/mol. The van der Waals surface area contributed by atoms with E-state index in [4.69, 9.17) is 16.3 Å². The third-order valence-corrected chi connectivity index (χ3v) is 4.25. The summed E-state index contributed by atoms with van der Waals surface area (Å²) in [6.07, 6.45) is 2.28. The van der Waals surface area contributed by atoms with Crippen molar-refractivity contribution in [1.82, 2.24) is 10.3 Å². The fourth-order valence-corrected chi connectivity index (χ4v) is 2.77. The first kappa shape index (κ1) is 18.7. The lowest BCUT2D eigenvalue weighted by Crippen LogP contribution is -2.26. The summed E-state index contributed by atoms with van der Waals surface area (Å²) in [5, 5.41) is 6.79. The van der Waals surface area contributed by atoms with E-state index in [0.717, 1.165) is 22.7 Å². The van der Waals surface area contributed by atoms with Gasteiger partial charge >= 0.3 is 0 Å². The summed E-state index contributed by atoms with van der Waals surface area (Å²) in [7, 11) is 1.64.